The van der Waals surface area contributed by atoms with Crippen LogP contribution < -0.4 is 11.2 Å². The Bertz CT molecular complexity index is 1060. The van der Waals surface area contributed by atoms with Crippen LogP contribution in [0.4, 0.5) is 0 Å². The highest BCUT2D eigenvalue weighted by Gasteiger charge is 2.29. The highest BCUT2D eigenvalue weighted by molar-refractivity contribution is 6.33. The third-order valence-electron chi connectivity index (χ3n) is 6.25. The number of aromatic amines is 2. The molecule has 2 aliphatic carbocycles. The molecule has 2 aromatic rings. The van der Waals surface area contributed by atoms with Crippen molar-refractivity contribution in [1.82, 2.24) is 9.97 Å². The molecule has 1 unspecified atom stereocenters. The van der Waals surface area contributed by atoms with Crippen molar-refractivity contribution in [2.24, 2.45) is 11.8 Å². The third kappa shape index (κ3) is 4.59. The van der Waals surface area contributed by atoms with Crippen LogP contribution in [-0.4, -0.2) is 9.97 Å². The van der Waals surface area contributed by atoms with Crippen LogP contribution >= 0.6 is 23.2 Å². The summed E-state index contributed by atoms with van der Waals surface area (Å²) in [6.45, 7) is 0. The van der Waals surface area contributed by atoms with E-state index in [9.17, 15) is 9.59 Å². The fourth-order valence-electron chi connectivity index (χ4n) is 4.71. The van der Waals surface area contributed by atoms with E-state index in [1.165, 1.54) is 0 Å². The molecule has 1 heterocycles. The number of allylic oxidation sites excluding steroid dienone is 4. The van der Waals surface area contributed by atoms with Crippen LogP contribution in [0, 0.1) is 11.8 Å². The van der Waals surface area contributed by atoms with Crippen LogP contribution in [0.15, 0.2) is 52.1 Å². The molecule has 6 heteroatoms. The Morgan fingerprint density at radius 2 is 1.79 bits per heavy atom. The van der Waals surface area contributed by atoms with E-state index in [2.05, 4.69) is 34.3 Å². The molecule has 2 aliphatic rings. The molecule has 0 aliphatic heterocycles. The van der Waals surface area contributed by atoms with E-state index in [4.69, 9.17) is 23.2 Å². The number of rotatable bonds is 4. The number of nitrogens with one attached hydrogen (secondary N) is 2. The summed E-state index contributed by atoms with van der Waals surface area (Å²) >= 11 is 12.4. The van der Waals surface area contributed by atoms with Crippen LogP contribution in [0.25, 0.3) is 0 Å². The molecule has 1 atom stereocenters. The van der Waals surface area contributed by atoms with Crippen molar-refractivity contribution < 1.29 is 0 Å². The van der Waals surface area contributed by atoms with E-state index >= 15 is 0 Å². The van der Waals surface area contributed by atoms with Crippen LogP contribution in [0.1, 0.15) is 54.8 Å². The van der Waals surface area contributed by atoms with Crippen LogP contribution in [-0.2, 0) is 6.42 Å². The lowest BCUT2D eigenvalue weighted by Crippen LogP contribution is -2.31. The summed E-state index contributed by atoms with van der Waals surface area (Å²) in [6.07, 6.45) is 14.4. The van der Waals surface area contributed by atoms with Crippen LogP contribution in [0.2, 0.25) is 10.0 Å². The van der Waals surface area contributed by atoms with E-state index < -0.39 is 5.69 Å². The fourth-order valence-corrected chi connectivity index (χ4v) is 5.09. The lowest BCUT2D eigenvalue weighted by atomic mass is 9.72. The topological polar surface area (TPSA) is 65.7 Å². The van der Waals surface area contributed by atoms with Gasteiger partial charge in [0.2, 0.25) is 0 Å². The molecular formula is C23H24Cl2N2O2. The Morgan fingerprint density at radius 3 is 2.52 bits per heavy atom. The Balaban J connectivity index is 1.58. The van der Waals surface area contributed by atoms with Gasteiger partial charge in [0.1, 0.15) is 0 Å². The van der Waals surface area contributed by atoms with Crippen molar-refractivity contribution in [3.8, 4) is 0 Å². The second-order valence-electron chi connectivity index (χ2n) is 8.04. The molecule has 0 radical (unpaired) electrons. The minimum absolute atomic E-state index is 0.178. The highest BCUT2D eigenvalue weighted by Crippen LogP contribution is 2.40. The van der Waals surface area contributed by atoms with E-state index in [1.807, 2.05) is 0 Å². The monoisotopic (exact) mass is 430 g/mol. The first-order valence-corrected chi connectivity index (χ1v) is 10.9. The summed E-state index contributed by atoms with van der Waals surface area (Å²) in [7, 11) is 0. The van der Waals surface area contributed by atoms with Crippen molar-refractivity contribution in [3.05, 3.63) is 90.2 Å². The Labute approximate surface area is 179 Å². The zero-order valence-corrected chi connectivity index (χ0v) is 17.6. The smallest absolute Gasteiger partial charge is 0.311 e. The van der Waals surface area contributed by atoms with Gasteiger partial charge < -0.3 is 4.98 Å². The molecule has 0 amide bonds. The van der Waals surface area contributed by atoms with E-state index in [0.29, 0.717) is 33.9 Å². The average Bonchev–Trinajstić information content (AvgIpc) is 2.73. The Morgan fingerprint density at radius 1 is 1.00 bits per heavy atom. The van der Waals surface area contributed by atoms with Crippen molar-refractivity contribution in [2.45, 2.75) is 44.4 Å². The van der Waals surface area contributed by atoms with Crippen LogP contribution in [0.5, 0.6) is 0 Å². The quantitative estimate of drug-likeness (QED) is 0.684. The van der Waals surface area contributed by atoms with Crippen molar-refractivity contribution in [3.63, 3.8) is 0 Å². The molecule has 4 nitrogen and oxygen atoms in total. The zero-order chi connectivity index (χ0) is 20.4. The number of hydrogen-bond donors (Lipinski definition) is 2. The minimum atomic E-state index is -0.451. The van der Waals surface area contributed by atoms with Crippen LogP contribution in [0.3, 0.4) is 0 Å². The number of benzene rings is 1. The summed E-state index contributed by atoms with van der Waals surface area (Å²) in [5.74, 6) is 1.44. The van der Waals surface area contributed by atoms with Crippen molar-refractivity contribution >= 4 is 23.2 Å². The largest absolute Gasteiger partial charge is 0.325 e. The van der Waals surface area contributed by atoms with Gasteiger partial charge in [-0.1, -0.05) is 47.5 Å². The molecule has 1 saturated carbocycles. The lowest BCUT2D eigenvalue weighted by Gasteiger charge is -2.33. The SMILES string of the molecule is O=c1[nH]c(C2CCC(C3C=CC=CC3)CC2)c(Cc2cc(Cl)ccc2Cl)c(=O)[nH]1. The third-order valence-corrected chi connectivity index (χ3v) is 6.85. The van der Waals surface area contributed by atoms with Crippen molar-refractivity contribution in [2.75, 3.05) is 0 Å². The number of hydrogen-bond acceptors (Lipinski definition) is 2. The second kappa shape index (κ2) is 8.76. The molecule has 0 saturated heterocycles. The van der Waals surface area contributed by atoms with E-state index in [-0.39, 0.29) is 11.5 Å². The first-order valence-electron chi connectivity index (χ1n) is 10.1. The molecule has 152 valence electrons. The second-order valence-corrected chi connectivity index (χ2v) is 8.88. The highest BCUT2D eigenvalue weighted by atomic mass is 35.5. The normalized spacial score (nSPS) is 24.0. The minimum Gasteiger partial charge on any atom is -0.311 e. The van der Waals surface area contributed by atoms with Gasteiger partial charge in [0.25, 0.3) is 5.56 Å². The standard InChI is InChI=1S/C23H24Cl2N2O2/c24-18-10-11-20(25)17(12-18)13-19-21(26-23(29)27-22(19)28)16-8-6-15(7-9-16)14-4-2-1-3-5-14/h1-4,10-12,14-16H,5-9,13H2,(H2,26,27,28,29). The number of halogens is 2. The van der Waals surface area contributed by atoms with Crippen molar-refractivity contribution in [1.29, 1.82) is 0 Å². The molecular weight excluding hydrogens is 407 g/mol. The lowest BCUT2D eigenvalue weighted by molar-refractivity contribution is 0.262. The Kier molecular flexibility index (Phi) is 6.12. The van der Waals surface area contributed by atoms with Gasteiger partial charge >= 0.3 is 5.69 Å². The summed E-state index contributed by atoms with van der Waals surface area (Å²) in [5, 5.41) is 1.13. The van der Waals surface area contributed by atoms with Gasteiger partial charge in [-0.15, -0.1) is 0 Å². The van der Waals surface area contributed by atoms with Gasteiger partial charge in [-0.25, -0.2) is 4.79 Å². The van der Waals surface area contributed by atoms with E-state index in [1.54, 1.807) is 18.2 Å². The molecule has 4 rings (SSSR count). The number of H-pyrrole nitrogens is 2. The van der Waals surface area contributed by atoms with Gasteiger partial charge in [-0.3, -0.25) is 9.78 Å². The van der Waals surface area contributed by atoms with Gasteiger partial charge in [0.05, 0.1) is 0 Å². The summed E-state index contributed by atoms with van der Waals surface area (Å²) in [5.41, 5.74) is 1.33. The number of aromatic nitrogens is 2. The molecule has 0 bridgehead atoms. The Hall–Kier alpha value is -2.04. The predicted octanol–water partition coefficient (Wildman–Crippen LogP) is 5.37. The molecule has 2 N–H and O–H groups in total. The molecule has 1 aromatic carbocycles. The molecule has 29 heavy (non-hydrogen) atoms. The summed E-state index contributed by atoms with van der Waals surface area (Å²) < 4.78 is 0. The first-order chi connectivity index (χ1) is 14.0. The van der Waals surface area contributed by atoms with Gasteiger partial charge in [-0.05, 0) is 73.6 Å². The van der Waals surface area contributed by atoms with Gasteiger partial charge in [0.15, 0.2) is 0 Å². The zero-order valence-electron chi connectivity index (χ0n) is 16.1. The fraction of sp³-hybridized carbons (Fsp3) is 0.391. The summed E-state index contributed by atoms with van der Waals surface area (Å²) in [6, 6.07) is 5.23. The maximum Gasteiger partial charge on any atom is 0.325 e. The van der Waals surface area contributed by atoms with Gasteiger partial charge in [-0.2, -0.15) is 0 Å². The molecule has 1 fully saturated rings. The first kappa shape index (κ1) is 20.2. The summed E-state index contributed by atoms with van der Waals surface area (Å²) in [4.78, 5) is 30.0. The maximum absolute atomic E-state index is 12.6. The van der Waals surface area contributed by atoms with E-state index in [0.717, 1.165) is 43.4 Å². The average molecular weight is 431 g/mol. The molecule has 0 spiro atoms. The molecule has 1 aromatic heterocycles. The maximum atomic E-state index is 12.6. The van der Waals surface area contributed by atoms with Gasteiger partial charge in [0, 0.05) is 27.7 Å². The predicted molar refractivity (Wildman–Crippen MR) is 118 cm³/mol.